The second kappa shape index (κ2) is 6.32. The zero-order valence-electron chi connectivity index (χ0n) is 10.6. The fraction of sp³-hybridized carbons (Fsp3) is 0.357. The number of nitrogens with one attached hydrogen (secondary N) is 1. The van der Waals surface area contributed by atoms with E-state index in [4.69, 9.17) is 11.6 Å². The molecule has 1 unspecified atom stereocenters. The Hall–Kier alpha value is -0.900. The molecule has 0 spiro atoms. The molecule has 0 aliphatic rings. The minimum atomic E-state index is 0.538. The van der Waals surface area contributed by atoms with Gasteiger partial charge in [-0.25, -0.2) is 4.98 Å². The number of thiazole rings is 1. The molecule has 2 rings (SSSR count). The largest absolute Gasteiger partial charge is 0.309 e. The lowest BCUT2D eigenvalue weighted by Gasteiger charge is -2.08. The van der Waals surface area contributed by atoms with E-state index in [1.54, 1.807) is 11.3 Å². The first-order valence-corrected chi connectivity index (χ1v) is 7.33. The van der Waals surface area contributed by atoms with Crippen LogP contribution in [0.15, 0.2) is 30.5 Å². The first-order chi connectivity index (χ1) is 8.70. The van der Waals surface area contributed by atoms with Gasteiger partial charge in [-0.05, 0) is 19.4 Å². The van der Waals surface area contributed by atoms with E-state index in [9.17, 15) is 0 Å². The van der Waals surface area contributed by atoms with Gasteiger partial charge in [0.2, 0.25) is 0 Å². The Bertz CT molecular complexity index is 510. The summed E-state index contributed by atoms with van der Waals surface area (Å²) in [6.45, 7) is 5.24. The molecule has 0 fully saturated rings. The number of nitrogens with zero attached hydrogens (tertiary/aromatic N) is 1. The van der Waals surface area contributed by atoms with Gasteiger partial charge in [0.05, 0.1) is 5.02 Å². The van der Waals surface area contributed by atoms with Gasteiger partial charge >= 0.3 is 0 Å². The smallest absolute Gasteiger partial charge is 0.125 e. The SMILES string of the molecule is CCC(C)NCc1cnc(-c2ccccc2Cl)s1. The lowest BCUT2D eigenvalue weighted by Crippen LogP contribution is -2.23. The molecule has 0 aliphatic carbocycles. The van der Waals surface area contributed by atoms with E-state index in [0.29, 0.717) is 6.04 Å². The van der Waals surface area contributed by atoms with Crippen LogP contribution < -0.4 is 5.32 Å². The highest BCUT2D eigenvalue weighted by Gasteiger charge is 2.08. The van der Waals surface area contributed by atoms with Gasteiger partial charge in [0, 0.05) is 29.2 Å². The van der Waals surface area contributed by atoms with Gasteiger partial charge in [0.1, 0.15) is 5.01 Å². The summed E-state index contributed by atoms with van der Waals surface area (Å²) in [5.41, 5.74) is 1.01. The maximum Gasteiger partial charge on any atom is 0.125 e. The zero-order chi connectivity index (χ0) is 13.0. The number of benzene rings is 1. The Morgan fingerprint density at radius 1 is 1.39 bits per heavy atom. The van der Waals surface area contributed by atoms with E-state index in [2.05, 4.69) is 24.1 Å². The Morgan fingerprint density at radius 3 is 2.89 bits per heavy atom. The van der Waals surface area contributed by atoms with Gasteiger partial charge < -0.3 is 5.32 Å². The molecular weight excluding hydrogens is 264 g/mol. The second-order valence-electron chi connectivity index (χ2n) is 4.30. The molecule has 0 radical (unpaired) electrons. The molecule has 1 aromatic carbocycles. The summed E-state index contributed by atoms with van der Waals surface area (Å²) in [7, 11) is 0. The Balaban J connectivity index is 2.09. The maximum atomic E-state index is 6.17. The van der Waals surface area contributed by atoms with Gasteiger partial charge in [-0.3, -0.25) is 0 Å². The van der Waals surface area contributed by atoms with Gasteiger partial charge in [-0.15, -0.1) is 11.3 Å². The fourth-order valence-corrected chi connectivity index (χ4v) is 2.75. The van der Waals surface area contributed by atoms with Gasteiger partial charge in [0.25, 0.3) is 0 Å². The van der Waals surface area contributed by atoms with Crippen LogP contribution in [0.5, 0.6) is 0 Å². The van der Waals surface area contributed by atoms with Crippen LogP contribution in [0.3, 0.4) is 0 Å². The highest BCUT2D eigenvalue weighted by atomic mass is 35.5. The molecule has 0 amide bonds. The van der Waals surface area contributed by atoms with Crippen LogP contribution in [0, 0.1) is 0 Å². The molecule has 2 nitrogen and oxygen atoms in total. The number of aromatic nitrogens is 1. The van der Waals surface area contributed by atoms with E-state index in [1.165, 1.54) is 4.88 Å². The van der Waals surface area contributed by atoms with Crippen LogP contribution in [-0.2, 0) is 6.54 Å². The van der Waals surface area contributed by atoms with E-state index in [-0.39, 0.29) is 0 Å². The minimum absolute atomic E-state index is 0.538. The van der Waals surface area contributed by atoms with E-state index < -0.39 is 0 Å². The van der Waals surface area contributed by atoms with Crippen molar-refractivity contribution in [2.75, 3.05) is 0 Å². The van der Waals surface area contributed by atoms with Crippen molar-refractivity contribution in [3.8, 4) is 10.6 Å². The molecule has 1 N–H and O–H groups in total. The topological polar surface area (TPSA) is 24.9 Å². The van der Waals surface area contributed by atoms with Crippen molar-refractivity contribution < 1.29 is 0 Å². The van der Waals surface area contributed by atoms with E-state index in [0.717, 1.165) is 28.6 Å². The molecule has 18 heavy (non-hydrogen) atoms. The van der Waals surface area contributed by atoms with E-state index >= 15 is 0 Å². The molecule has 2 aromatic rings. The van der Waals surface area contributed by atoms with Crippen LogP contribution in [0.1, 0.15) is 25.1 Å². The molecular formula is C14H17ClN2S. The van der Waals surface area contributed by atoms with E-state index in [1.807, 2.05) is 30.5 Å². The summed E-state index contributed by atoms with van der Waals surface area (Å²) < 4.78 is 0. The predicted octanol–water partition coefficient (Wildman–Crippen LogP) is 4.35. The van der Waals surface area contributed by atoms with Crippen molar-refractivity contribution in [2.24, 2.45) is 0 Å². The zero-order valence-corrected chi connectivity index (χ0v) is 12.2. The standard InChI is InChI=1S/C14H17ClN2S/c1-3-10(2)16-8-11-9-17-14(18-11)12-6-4-5-7-13(12)15/h4-7,9-10,16H,3,8H2,1-2H3. The summed E-state index contributed by atoms with van der Waals surface area (Å²) in [6.07, 6.45) is 3.06. The second-order valence-corrected chi connectivity index (χ2v) is 5.82. The average Bonchev–Trinajstić information content (AvgIpc) is 2.85. The van der Waals surface area contributed by atoms with Gasteiger partial charge in [0.15, 0.2) is 0 Å². The number of halogens is 1. The third-order valence-corrected chi connectivity index (χ3v) is 4.26. The van der Waals surface area contributed by atoms with Crippen molar-refractivity contribution >= 4 is 22.9 Å². The van der Waals surface area contributed by atoms with Crippen LogP contribution in [0.4, 0.5) is 0 Å². The summed E-state index contributed by atoms with van der Waals surface area (Å²) in [6, 6.07) is 8.36. The normalized spacial score (nSPS) is 12.6. The molecule has 0 bridgehead atoms. The van der Waals surface area contributed by atoms with Gasteiger partial charge in [-0.1, -0.05) is 36.7 Å². The van der Waals surface area contributed by atoms with Crippen LogP contribution in [0.25, 0.3) is 10.6 Å². The highest BCUT2D eigenvalue weighted by molar-refractivity contribution is 7.15. The summed E-state index contributed by atoms with van der Waals surface area (Å²) in [4.78, 5) is 5.69. The lowest BCUT2D eigenvalue weighted by atomic mass is 10.2. The Labute approximate surface area is 117 Å². The summed E-state index contributed by atoms with van der Waals surface area (Å²) >= 11 is 7.86. The van der Waals surface area contributed by atoms with Crippen LogP contribution in [-0.4, -0.2) is 11.0 Å². The lowest BCUT2D eigenvalue weighted by molar-refractivity contribution is 0.537. The van der Waals surface area contributed by atoms with Crippen molar-refractivity contribution in [3.63, 3.8) is 0 Å². The van der Waals surface area contributed by atoms with Gasteiger partial charge in [-0.2, -0.15) is 0 Å². The highest BCUT2D eigenvalue weighted by Crippen LogP contribution is 2.30. The molecule has 1 atom stereocenters. The summed E-state index contributed by atoms with van der Waals surface area (Å²) in [5, 5.41) is 5.21. The molecule has 4 heteroatoms. The molecule has 0 saturated carbocycles. The number of rotatable bonds is 5. The van der Waals surface area contributed by atoms with Crippen LogP contribution >= 0.6 is 22.9 Å². The third kappa shape index (κ3) is 3.31. The van der Waals surface area contributed by atoms with Crippen molar-refractivity contribution in [2.45, 2.75) is 32.9 Å². The average molecular weight is 281 g/mol. The third-order valence-electron chi connectivity index (χ3n) is 2.89. The first kappa shape index (κ1) is 13.5. The van der Waals surface area contributed by atoms with Crippen molar-refractivity contribution in [1.29, 1.82) is 0 Å². The minimum Gasteiger partial charge on any atom is -0.309 e. The molecule has 1 aromatic heterocycles. The van der Waals surface area contributed by atoms with Crippen LogP contribution in [0.2, 0.25) is 5.02 Å². The molecule has 1 heterocycles. The maximum absolute atomic E-state index is 6.17. The number of hydrogen-bond acceptors (Lipinski definition) is 3. The summed E-state index contributed by atoms with van der Waals surface area (Å²) in [5.74, 6) is 0. The van der Waals surface area contributed by atoms with Crippen molar-refractivity contribution in [3.05, 3.63) is 40.4 Å². The Morgan fingerprint density at radius 2 is 2.17 bits per heavy atom. The monoisotopic (exact) mass is 280 g/mol. The predicted molar refractivity (Wildman–Crippen MR) is 79.2 cm³/mol. The first-order valence-electron chi connectivity index (χ1n) is 6.13. The quantitative estimate of drug-likeness (QED) is 0.881. The molecule has 0 saturated heterocycles. The number of hydrogen-bond donors (Lipinski definition) is 1. The van der Waals surface area contributed by atoms with Crippen molar-refractivity contribution in [1.82, 2.24) is 10.3 Å². The Kier molecular flexibility index (Phi) is 4.75. The fourth-order valence-electron chi connectivity index (χ4n) is 1.57. The molecule has 96 valence electrons. The molecule has 0 aliphatic heterocycles.